The Bertz CT molecular complexity index is 273. The normalized spacial score (nSPS) is 24.8. The van der Waals surface area contributed by atoms with Crippen LogP contribution in [-0.4, -0.2) is 54.1 Å². The minimum absolute atomic E-state index is 0.0586. The molecule has 0 bridgehead atoms. The summed E-state index contributed by atoms with van der Waals surface area (Å²) >= 11 is 0. The summed E-state index contributed by atoms with van der Waals surface area (Å²) in [7, 11) is 0. The lowest BCUT2D eigenvalue weighted by Crippen LogP contribution is -2.37. The lowest BCUT2D eigenvalue weighted by Gasteiger charge is -2.14. The second kappa shape index (κ2) is 6.56. The highest BCUT2D eigenvalue weighted by Crippen LogP contribution is 2.13. The second-order valence-electron chi connectivity index (χ2n) is 4.68. The Labute approximate surface area is 101 Å². The van der Waals surface area contributed by atoms with E-state index in [-0.39, 0.29) is 18.4 Å². The number of carbonyl (C=O) groups is 2. The first kappa shape index (κ1) is 13.9. The van der Waals surface area contributed by atoms with Crippen molar-refractivity contribution in [3.05, 3.63) is 0 Å². The molecule has 1 saturated heterocycles. The van der Waals surface area contributed by atoms with Crippen LogP contribution in [0.3, 0.4) is 0 Å². The number of carboxylic acids is 1. The third-order valence-corrected chi connectivity index (χ3v) is 3.00. The monoisotopic (exact) mass is 243 g/mol. The van der Waals surface area contributed by atoms with E-state index < -0.39 is 5.97 Å². The maximum Gasteiger partial charge on any atom is 0.303 e. The number of nitrogens with zero attached hydrogens (tertiary/aromatic N) is 1. The Kier molecular flexibility index (Phi) is 5.37. The third kappa shape index (κ3) is 5.14. The predicted molar refractivity (Wildman–Crippen MR) is 63.5 cm³/mol. The quantitative estimate of drug-likeness (QED) is 0.533. The molecule has 0 aliphatic carbocycles. The zero-order chi connectivity index (χ0) is 12.8. The van der Waals surface area contributed by atoms with Crippen LogP contribution in [0.1, 0.15) is 19.8 Å². The molecule has 1 aliphatic rings. The highest BCUT2D eigenvalue weighted by Gasteiger charge is 2.27. The molecule has 6 nitrogen and oxygen atoms in total. The zero-order valence-corrected chi connectivity index (χ0v) is 10.2. The molecular weight excluding hydrogens is 222 g/mol. The lowest BCUT2D eigenvalue weighted by atomic mass is 10.1. The van der Waals surface area contributed by atoms with Gasteiger partial charge in [0.15, 0.2) is 0 Å². The number of aliphatic carboxylic acids is 1. The van der Waals surface area contributed by atoms with E-state index in [1.165, 1.54) is 0 Å². The lowest BCUT2D eigenvalue weighted by molar-refractivity contribution is -0.137. The van der Waals surface area contributed by atoms with Gasteiger partial charge in [0, 0.05) is 32.1 Å². The van der Waals surface area contributed by atoms with E-state index in [4.69, 9.17) is 10.8 Å². The van der Waals surface area contributed by atoms with E-state index in [9.17, 15) is 9.59 Å². The minimum Gasteiger partial charge on any atom is -0.481 e. The number of amides is 1. The molecule has 4 N–H and O–H groups in total. The summed E-state index contributed by atoms with van der Waals surface area (Å²) in [6.07, 6.45) is 0.558. The number of carbonyl (C=O) groups excluding carboxylic acids is 1. The van der Waals surface area contributed by atoms with E-state index in [1.807, 2.05) is 4.90 Å². The molecule has 1 fully saturated rings. The number of nitrogens with two attached hydrogens (primary N) is 1. The van der Waals surface area contributed by atoms with Gasteiger partial charge in [-0.1, -0.05) is 6.92 Å². The molecule has 0 aromatic heterocycles. The van der Waals surface area contributed by atoms with Gasteiger partial charge in [0.25, 0.3) is 0 Å². The van der Waals surface area contributed by atoms with Crippen LogP contribution < -0.4 is 11.1 Å². The van der Waals surface area contributed by atoms with E-state index in [0.29, 0.717) is 25.4 Å². The third-order valence-electron chi connectivity index (χ3n) is 3.00. The summed E-state index contributed by atoms with van der Waals surface area (Å²) in [6.45, 7) is 4.45. The molecule has 98 valence electrons. The Morgan fingerprint density at radius 3 is 2.71 bits per heavy atom. The highest BCUT2D eigenvalue weighted by atomic mass is 16.4. The molecule has 2 unspecified atom stereocenters. The first-order valence-corrected chi connectivity index (χ1v) is 5.95. The van der Waals surface area contributed by atoms with Gasteiger partial charge >= 0.3 is 5.97 Å². The number of likely N-dealkylation sites (tertiary alicyclic amines) is 1. The van der Waals surface area contributed by atoms with Crippen molar-refractivity contribution in [2.75, 3.05) is 26.2 Å². The Morgan fingerprint density at radius 2 is 2.18 bits per heavy atom. The van der Waals surface area contributed by atoms with Crippen LogP contribution in [0.5, 0.6) is 0 Å². The molecule has 1 heterocycles. The zero-order valence-electron chi connectivity index (χ0n) is 10.2. The number of hydrogen-bond donors (Lipinski definition) is 3. The van der Waals surface area contributed by atoms with Gasteiger partial charge in [-0.05, 0) is 12.3 Å². The summed E-state index contributed by atoms with van der Waals surface area (Å²) in [5.41, 5.74) is 5.86. The van der Waals surface area contributed by atoms with Gasteiger partial charge in [-0.25, -0.2) is 0 Å². The van der Waals surface area contributed by atoms with Crippen molar-refractivity contribution >= 4 is 11.9 Å². The average molecular weight is 243 g/mol. The molecule has 1 amide bonds. The van der Waals surface area contributed by atoms with Crippen LogP contribution in [0.25, 0.3) is 0 Å². The Hall–Kier alpha value is -1.14. The van der Waals surface area contributed by atoms with Crippen molar-refractivity contribution in [1.82, 2.24) is 10.2 Å². The second-order valence-corrected chi connectivity index (χ2v) is 4.68. The number of rotatable bonds is 6. The summed E-state index contributed by atoms with van der Waals surface area (Å²) < 4.78 is 0. The fraction of sp³-hybridized carbons (Fsp3) is 0.818. The van der Waals surface area contributed by atoms with Gasteiger partial charge in [0.2, 0.25) is 5.91 Å². The molecule has 0 radical (unpaired) electrons. The highest BCUT2D eigenvalue weighted by molar-refractivity contribution is 5.78. The molecule has 0 saturated carbocycles. The largest absolute Gasteiger partial charge is 0.481 e. The van der Waals surface area contributed by atoms with Crippen molar-refractivity contribution in [3.8, 4) is 0 Å². The summed E-state index contributed by atoms with van der Waals surface area (Å²) in [5.74, 6) is -0.468. The SMILES string of the molecule is CC1CN(CC(=O)NCCCC(=O)O)CC1N. The standard InChI is InChI=1S/C11H21N3O3/c1-8-5-14(6-9(8)12)7-10(15)13-4-2-3-11(16)17/h8-9H,2-7,12H2,1H3,(H,13,15)(H,16,17). The number of carboxylic acid groups (broad SMARTS) is 1. The maximum absolute atomic E-state index is 11.5. The van der Waals surface area contributed by atoms with E-state index in [0.717, 1.165) is 13.1 Å². The summed E-state index contributed by atoms with van der Waals surface area (Å²) in [6, 6.07) is 0.148. The summed E-state index contributed by atoms with van der Waals surface area (Å²) in [4.78, 5) is 23.8. The van der Waals surface area contributed by atoms with E-state index in [1.54, 1.807) is 0 Å². The van der Waals surface area contributed by atoms with Crippen LogP contribution in [0.15, 0.2) is 0 Å². The Morgan fingerprint density at radius 1 is 1.47 bits per heavy atom. The molecule has 0 aromatic carbocycles. The van der Waals surface area contributed by atoms with Crippen LogP contribution in [0.4, 0.5) is 0 Å². The van der Waals surface area contributed by atoms with Crippen LogP contribution in [-0.2, 0) is 9.59 Å². The molecule has 1 rings (SSSR count). The molecule has 0 aromatic rings. The van der Waals surface area contributed by atoms with Gasteiger partial charge in [-0.3, -0.25) is 14.5 Å². The van der Waals surface area contributed by atoms with Crippen molar-refractivity contribution in [1.29, 1.82) is 0 Å². The minimum atomic E-state index is -0.835. The average Bonchev–Trinajstić information content (AvgIpc) is 2.52. The van der Waals surface area contributed by atoms with Gasteiger partial charge in [0.05, 0.1) is 6.54 Å². The van der Waals surface area contributed by atoms with Crippen LogP contribution in [0, 0.1) is 5.92 Å². The Balaban J connectivity index is 2.11. The molecule has 1 aliphatic heterocycles. The molecule has 17 heavy (non-hydrogen) atoms. The smallest absolute Gasteiger partial charge is 0.303 e. The van der Waals surface area contributed by atoms with E-state index in [2.05, 4.69) is 12.2 Å². The number of hydrogen-bond acceptors (Lipinski definition) is 4. The first-order valence-electron chi connectivity index (χ1n) is 5.95. The maximum atomic E-state index is 11.5. The topological polar surface area (TPSA) is 95.7 Å². The molecule has 0 spiro atoms. The molecule has 2 atom stereocenters. The fourth-order valence-corrected chi connectivity index (χ4v) is 1.95. The first-order chi connectivity index (χ1) is 7.99. The van der Waals surface area contributed by atoms with Crippen molar-refractivity contribution in [2.24, 2.45) is 11.7 Å². The van der Waals surface area contributed by atoms with Crippen molar-refractivity contribution in [3.63, 3.8) is 0 Å². The van der Waals surface area contributed by atoms with Gasteiger partial charge < -0.3 is 16.2 Å². The summed E-state index contributed by atoms with van der Waals surface area (Å²) in [5, 5.41) is 11.1. The van der Waals surface area contributed by atoms with Gasteiger partial charge in [-0.15, -0.1) is 0 Å². The van der Waals surface area contributed by atoms with Gasteiger partial charge in [-0.2, -0.15) is 0 Å². The predicted octanol–water partition coefficient (Wildman–Crippen LogP) is -0.754. The fourth-order valence-electron chi connectivity index (χ4n) is 1.95. The molecule has 6 heteroatoms. The van der Waals surface area contributed by atoms with Crippen LogP contribution >= 0.6 is 0 Å². The van der Waals surface area contributed by atoms with Crippen LogP contribution in [0.2, 0.25) is 0 Å². The number of nitrogens with one attached hydrogen (secondary N) is 1. The van der Waals surface area contributed by atoms with Crippen molar-refractivity contribution in [2.45, 2.75) is 25.8 Å². The van der Waals surface area contributed by atoms with Gasteiger partial charge in [0.1, 0.15) is 0 Å². The van der Waals surface area contributed by atoms with E-state index >= 15 is 0 Å². The molecular formula is C11H21N3O3. The van der Waals surface area contributed by atoms with Crippen molar-refractivity contribution < 1.29 is 14.7 Å².